The van der Waals surface area contributed by atoms with Gasteiger partial charge in [-0.25, -0.2) is 14.2 Å². The Labute approximate surface area is 189 Å². The average molecular weight is 445 g/mol. The Morgan fingerprint density at radius 2 is 1.61 bits per heavy atom. The molecule has 0 N–H and O–H groups in total. The Hall–Kier alpha value is -4.26. The molecule has 1 heterocycles. The number of hydrogen-bond acceptors (Lipinski definition) is 6. The maximum atomic E-state index is 13.1. The van der Waals surface area contributed by atoms with E-state index in [-0.39, 0.29) is 11.1 Å². The van der Waals surface area contributed by atoms with Gasteiger partial charge in [-0.1, -0.05) is 18.2 Å². The predicted octanol–water partition coefficient (Wildman–Crippen LogP) is 5.10. The van der Waals surface area contributed by atoms with E-state index >= 15 is 0 Å². The molecule has 0 bridgehead atoms. The Bertz CT molecular complexity index is 1330. The minimum Gasteiger partial charge on any atom is -0.493 e. The fourth-order valence-corrected chi connectivity index (χ4v) is 3.42. The summed E-state index contributed by atoms with van der Waals surface area (Å²) in [6, 6.07) is 19.2. The highest BCUT2D eigenvalue weighted by Gasteiger charge is 2.18. The number of carbonyl (C=O) groups is 2. The van der Waals surface area contributed by atoms with Gasteiger partial charge in [0, 0.05) is 16.5 Å². The molecule has 0 aliphatic carbocycles. The topological polar surface area (TPSA) is 74.7 Å². The van der Waals surface area contributed by atoms with E-state index < -0.39 is 24.2 Å². The van der Waals surface area contributed by atoms with E-state index in [1.807, 2.05) is 12.1 Å². The van der Waals surface area contributed by atoms with Gasteiger partial charge in [-0.05, 0) is 54.6 Å². The summed E-state index contributed by atoms with van der Waals surface area (Å²) in [6.07, 6.45) is 0. The highest BCUT2D eigenvalue weighted by Crippen LogP contribution is 2.33. The van der Waals surface area contributed by atoms with Gasteiger partial charge in [-0.3, -0.25) is 4.79 Å². The van der Waals surface area contributed by atoms with Crippen LogP contribution in [0.5, 0.6) is 11.5 Å². The van der Waals surface area contributed by atoms with Gasteiger partial charge in [0.1, 0.15) is 5.82 Å². The van der Waals surface area contributed by atoms with E-state index in [1.165, 1.54) is 31.4 Å². The van der Waals surface area contributed by atoms with Crippen LogP contribution in [0.15, 0.2) is 72.8 Å². The van der Waals surface area contributed by atoms with Crippen molar-refractivity contribution in [2.24, 2.45) is 0 Å². The lowest BCUT2D eigenvalue weighted by atomic mass is 10.0. The first-order valence-corrected chi connectivity index (χ1v) is 10.1. The molecule has 0 saturated carbocycles. The van der Waals surface area contributed by atoms with Gasteiger partial charge in [0.2, 0.25) is 0 Å². The van der Waals surface area contributed by atoms with E-state index in [1.54, 1.807) is 43.5 Å². The number of rotatable bonds is 7. The molecular weight excluding hydrogens is 425 g/mol. The van der Waals surface area contributed by atoms with Crippen molar-refractivity contribution < 1.29 is 28.2 Å². The van der Waals surface area contributed by atoms with Crippen LogP contribution in [0.2, 0.25) is 0 Å². The maximum Gasteiger partial charge on any atom is 0.339 e. The fraction of sp³-hybridized carbons (Fsp3) is 0.115. The van der Waals surface area contributed by atoms with E-state index in [9.17, 15) is 14.0 Å². The maximum absolute atomic E-state index is 13.1. The Morgan fingerprint density at radius 1 is 0.879 bits per heavy atom. The molecule has 7 heteroatoms. The molecule has 0 unspecified atom stereocenters. The molecule has 0 aliphatic rings. The normalized spacial score (nSPS) is 10.6. The minimum absolute atomic E-state index is 0.259. The first kappa shape index (κ1) is 22.0. The highest BCUT2D eigenvalue weighted by molar-refractivity contribution is 6.06. The first-order valence-electron chi connectivity index (χ1n) is 10.1. The summed E-state index contributed by atoms with van der Waals surface area (Å²) in [6.45, 7) is -0.465. The van der Waals surface area contributed by atoms with Crippen LogP contribution in [-0.2, 0) is 4.74 Å². The summed E-state index contributed by atoms with van der Waals surface area (Å²) in [5.74, 6) is -0.443. The molecule has 6 nitrogen and oxygen atoms in total. The Morgan fingerprint density at radius 3 is 2.33 bits per heavy atom. The van der Waals surface area contributed by atoms with E-state index in [0.717, 1.165) is 5.56 Å². The second-order valence-electron chi connectivity index (χ2n) is 7.15. The van der Waals surface area contributed by atoms with Gasteiger partial charge in [0.05, 0.1) is 31.0 Å². The number of methoxy groups -OCH3 is 2. The van der Waals surface area contributed by atoms with Gasteiger partial charge >= 0.3 is 5.97 Å². The lowest BCUT2D eigenvalue weighted by molar-refractivity contribution is 0.0476. The van der Waals surface area contributed by atoms with Crippen molar-refractivity contribution in [2.75, 3.05) is 20.8 Å². The number of nitrogens with zero attached hydrogens (tertiary/aromatic N) is 1. The number of hydrogen-bond donors (Lipinski definition) is 0. The van der Waals surface area contributed by atoms with Crippen molar-refractivity contribution in [2.45, 2.75) is 0 Å². The zero-order valence-corrected chi connectivity index (χ0v) is 18.0. The molecule has 0 saturated heterocycles. The number of para-hydroxylation sites is 1. The lowest BCUT2D eigenvalue weighted by Crippen LogP contribution is -2.15. The molecule has 0 amide bonds. The van der Waals surface area contributed by atoms with Crippen molar-refractivity contribution in [1.29, 1.82) is 0 Å². The average Bonchev–Trinajstić information content (AvgIpc) is 2.86. The molecule has 4 rings (SSSR count). The van der Waals surface area contributed by atoms with Gasteiger partial charge in [0.15, 0.2) is 23.9 Å². The molecule has 0 fully saturated rings. The van der Waals surface area contributed by atoms with Crippen molar-refractivity contribution in [3.8, 4) is 22.8 Å². The molecule has 0 radical (unpaired) electrons. The van der Waals surface area contributed by atoms with Crippen LogP contribution < -0.4 is 9.47 Å². The summed E-state index contributed by atoms with van der Waals surface area (Å²) in [5.41, 5.74) is 2.38. The smallest absolute Gasteiger partial charge is 0.339 e. The number of aromatic nitrogens is 1. The molecule has 4 aromatic rings. The van der Waals surface area contributed by atoms with Crippen molar-refractivity contribution in [1.82, 2.24) is 4.98 Å². The van der Waals surface area contributed by atoms with Crippen LogP contribution in [0.1, 0.15) is 20.7 Å². The van der Waals surface area contributed by atoms with Crippen LogP contribution in [-0.4, -0.2) is 37.6 Å². The number of pyridine rings is 1. The summed E-state index contributed by atoms with van der Waals surface area (Å²) >= 11 is 0. The summed E-state index contributed by atoms with van der Waals surface area (Å²) in [5, 5.41) is 0.598. The Kier molecular flexibility index (Phi) is 6.31. The van der Waals surface area contributed by atoms with Gasteiger partial charge in [-0.15, -0.1) is 0 Å². The van der Waals surface area contributed by atoms with E-state index in [2.05, 4.69) is 4.98 Å². The van der Waals surface area contributed by atoms with Crippen LogP contribution in [0.25, 0.3) is 22.2 Å². The second kappa shape index (κ2) is 9.48. The Balaban J connectivity index is 1.66. The molecule has 3 aromatic carbocycles. The molecular formula is C26H20FNO5. The van der Waals surface area contributed by atoms with E-state index in [0.29, 0.717) is 28.1 Å². The molecule has 0 aliphatic heterocycles. The zero-order valence-electron chi connectivity index (χ0n) is 18.0. The summed E-state index contributed by atoms with van der Waals surface area (Å²) < 4.78 is 29.0. The molecule has 0 spiro atoms. The van der Waals surface area contributed by atoms with Crippen LogP contribution in [0.3, 0.4) is 0 Å². The number of carbonyl (C=O) groups excluding carboxylic acids is 2. The van der Waals surface area contributed by atoms with Crippen LogP contribution >= 0.6 is 0 Å². The van der Waals surface area contributed by atoms with Gasteiger partial charge in [0.25, 0.3) is 0 Å². The number of benzene rings is 3. The number of fused-ring (bicyclic) bond motifs is 1. The molecule has 0 atom stereocenters. The number of Topliss-reactive ketones (excluding diaryl/α,β-unsaturated/α-hetero) is 1. The lowest BCUT2D eigenvalue weighted by Gasteiger charge is -2.12. The zero-order chi connectivity index (χ0) is 23.4. The second-order valence-corrected chi connectivity index (χ2v) is 7.15. The van der Waals surface area contributed by atoms with Crippen molar-refractivity contribution >= 4 is 22.7 Å². The third-order valence-corrected chi connectivity index (χ3v) is 5.12. The van der Waals surface area contributed by atoms with Crippen LogP contribution in [0.4, 0.5) is 4.39 Å². The van der Waals surface area contributed by atoms with Gasteiger partial charge in [-0.2, -0.15) is 0 Å². The largest absolute Gasteiger partial charge is 0.493 e. The van der Waals surface area contributed by atoms with Gasteiger partial charge < -0.3 is 14.2 Å². The highest BCUT2D eigenvalue weighted by atomic mass is 19.1. The SMILES string of the molecule is COc1ccc(-c2cc(C(=O)OCC(=O)c3ccc(F)cc3)c3ccccc3n2)cc1OC. The quantitative estimate of drug-likeness (QED) is 0.291. The first-order chi connectivity index (χ1) is 16.0. The molecule has 166 valence electrons. The monoisotopic (exact) mass is 445 g/mol. The molecule has 1 aromatic heterocycles. The fourth-order valence-electron chi connectivity index (χ4n) is 3.42. The number of ether oxygens (including phenoxy) is 3. The van der Waals surface area contributed by atoms with Crippen molar-refractivity contribution in [3.05, 3.63) is 89.7 Å². The number of esters is 1. The number of ketones is 1. The summed E-state index contributed by atoms with van der Waals surface area (Å²) in [4.78, 5) is 29.9. The standard InChI is InChI=1S/C26H20FNO5/c1-31-24-12-9-17(13-25(24)32-2)22-14-20(19-5-3-4-6-21(19)28-22)26(30)33-15-23(29)16-7-10-18(27)11-8-16/h3-14H,15H2,1-2H3. The number of halogens is 1. The third kappa shape index (κ3) is 4.67. The molecule has 33 heavy (non-hydrogen) atoms. The van der Waals surface area contributed by atoms with E-state index in [4.69, 9.17) is 14.2 Å². The summed E-state index contributed by atoms with van der Waals surface area (Å²) in [7, 11) is 3.09. The minimum atomic E-state index is -0.661. The van der Waals surface area contributed by atoms with Crippen molar-refractivity contribution in [3.63, 3.8) is 0 Å². The van der Waals surface area contributed by atoms with Crippen LogP contribution in [0, 0.1) is 5.82 Å². The third-order valence-electron chi connectivity index (χ3n) is 5.12. The predicted molar refractivity (Wildman–Crippen MR) is 121 cm³/mol.